The summed E-state index contributed by atoms with van der Waals surface area (Å²) in [5.74, 6) is -2.07. The summed E-state index contributed by atoms with van der Waals surface area (Å²) in [5, 5.41) is 0. The van der Waals surface area contributed by atoms with E-state index in [9.17, 15) is 28.0 Å². The van der Waals surface area contributed by atoms with Gasteiger partial charge in [0, 0.05) is 56.0 Å². The predicted molar refractivity (Wildman–Crippen MR) is 159 cm³/mol. The molecule has 0 atom stereocenters. The molecule has 1 N–H and O–H groups in total. The summed E-state index contributed by atoms with van der Waals surface area (Å²) in [6.45, 7) is 3.66. The number of pyridine rings is 1. The predicted octanol–water partition coefficient (Wildman–Crippen LogP) is 4.02. The van der Waals surface area contributed by atoms with E-state index in [0.29, 0.717) is 50.3 Å². The lowest BCUT2D eigenvalue weighted by Gasteiger charge is -2.28. The summed E-state index contributed by atoms with van der Waals surface area (Å²) >= 11 is 0. The van der Waals surface area contributed by atoms with Crippen LogP contribution in [0.15, 0.2) is 46.1 Å². The molecule has 1 saturated heterocycles. The molecule has 11 nitrogen and oxygen atoms in total. The van der Waals surface area contributed by atoms with Crippen LogP contribution in [0.4, 0.5) is 14.6 Å². The number of benzene rings is 1. The Bertz CT molecular complexity index is 1840. The van der Waals surface area contributed by atoms with Gasteiger partial charge in [0.2, 0.25) is 5.91 Å². The number of hydrogen-bond acceptors (Lipinski definition) is 6. The minimum Gasteiger partial charge on any atom is -0.343 e. The van der Waals surface area contributed by atoms with Crippen molar-refractivity contribution in [2.24, 2.45) is 0 Å². The minimum atomic E-state index is -1.13. The Morgan fingerprint density at radius 2 is 1.89 bits per heavy atom. The number of amides is 2. The number of imidazole rings is 1. The maximum absolute atomic E-state index is 14.0. The number of hydrogen-bond donors (Lipinski definition) is 1. The quantitative estimate of drug-likeness (QED) is 0.291. The smallest absolute Gasteiger partial charge is 0.333 e. The first-order valence-electron chi connectivity index (χ1n) is 15.0. The minimum absolute atomic E-state index is 0.0399. The highest BCUT2D eigenvalue weighted by Crippen LogP contribution is 2.32. The Balaban J connectivity index is 1.31. The second-order valence-corrected chi connectivity index (χ2v) is 11.3. The molecular weight excluding hydrogens is 572 g/mol. The third-order valence-corrected chi connectivity index (χ3v) is 8.11. The molecule has 4 aromatic rings. The van der Waals surface area contributed by atoms with Crippen molar-refractivity contribution in [3.05, 3.63) is 74.6 Å². The van der Waals surface area contributed by atoms with E-state index in [2.05, 4.69) is 15.0 Å². The number of halogens is 2. The highest BCUT2D eigenvalue weighted by molar-refractivity contribution is 6.05. The van der Waals surface area contributed by atoms with Crippen molar-refractivity contribution in [2.45, 2.75) is 64.5 Å². The van der Waals surface area contributed by atoms with Crippen LogP contribution in [0.25, 0.3) is 22.6 Å². The normalized spacial score (nSPS) is 15.2. The highest BCUT2D eigenvalue weighted by Gasteiger charge is 2.30. The van der Waals surface area contributed by atoms with E-state index in [0.717, 1.165) is 37.8 Å². The largest absolute Gasteiger partial charge is 0.343 e. The lowest BCUT2D eigenvalue weighted by Crippen LogP contribution is -2.39. The van der Waals surface area contributed by atoms with Crippen molar-refractivity contribution in [1.29, 1.82) is 0 Å². The van der Waals surface area contributed by atoms with Crippen molar-refractivity contribution in [2.75, 3.05) is 24.5 Å². The summed E-state index contributed by atoms with van der Waals surface area (Å²) < 4.78 is 30.4. The van der Waals surface area contributed by atoms with Crippen LogP contribution in [0, 0.1) is 11.6 Å². The van der Waals surface area contributed by atoms with E-state index in [1.807, 2.05) is 6.92 Å². The maximum Gasteiger partial charge on any atom is 0.333 e. The number of carbonyl (C=O) groups is 2. The molecule has 2 aliphatic rings. The number of H-pyrrole nitrogens is 1. The van der Waals surface area contributed by atoms with E-state index in [1.54, 1.807) is 17.0 Å². The molecular formula is C31H33F2N7O4. The maximum atomic E-state index is 14.0. The molecule has 3 aromatic heterocycles. The number of nitrogens with zero attached hydrogens (tertiary/aromatic N) is 6. The van der Waals surface area contributed by atoms with Crippen molar-refractivity contribution in [3.8, 4) is 11.4 Å². The lowest BCUT2D eigenvalue weighted by molar-refractivity contribution is -0.133. The van der Waals surface area contributed by atoms with Crippen molar-refractivity contribution in [1.82, 2.24) is 29.0 Å². The van der Waals surface area contributed by atoms with Crippen LogP contribution in [0.2, 0.25) is 0 Å². The van der Waals surface area contributed by atoms with Crippen LogP contribution in [0.5, 0.6) is 0 Å². The standard InChI is InChI=1S/C31H33F2N7O4/c1-2-13-39-28-26(30(43)40(31(39)44)21-9-10-21)35-27(36-28)20-8-12-24(34-18-20)38(16-5-15-37-14-4-3-6-25(37)41)29(42)19-7-11-22(32)23(33)17-19/h7-8,11-12,17-18,21H,2-6,9-10,13-16H2,1H3,(H,35,36). The first-order valence-corrected chi connectivity index (χ1v) is 15.0. The molecule has 4 heterocycles. The summed E-state index contributed by atoms with van der Waals surface area (Å²) in [5.41, 5.74) is 0.236. The second-order valence-electron chi connectivity index (χ2n) is 11.3. The summed E-state index contributed by atoms with van der Waals surface area (Å²) in [4.78, 5) is 67.4. The third kappa shape index (κ3) is 5.65. The molecule has 44 heavy (non-hydrogen) atoms. The molecule has 13 heteroatoms. The van der Waals surface area contributed by atoms with Gasteiger partial charge < -0.3 is 9.88 Å². The average Bonchev–Trinajstić information content (AvgIpc) is 3.76. The van der Waals surface area contributed by atoms with Gasteiger partial charge in [-0.05, 0) is 68.9 Å². The van der Waals surface area contributed by atoms with E-state index in [1.165, 1.54) is 26.3 Å². The molecule has 0 unspecified atom stereocenters. The number of rotatable bonds is 10. The Labute approximate surface area is 251 Å². The molecule has 2 amide bonds. The fourth-order valence-corrected chi connectivity index (χ4v) is 5.66. The molecule has 230 valence electrons. The van der Waals surface area contributed by atoms with Crippen LogP contribution >= 0.6 is 0 Å². The van der Waals surface area contributed by atoms with Gasteiger partial charge in [-0.1, -0.05) is 6.92 Å². The molecule has 0 bridgehead atoms. The molecule has 2 fully saturated rings. The monoisotopic (exact) mass is 605 g/mol. The van der Waals surface area contributed by atoms with Crippen LogP contribution in [0.3, 0.4) is 0 Å². The van der Waals surface area contributed by atoms with Crippen LogP contribution in [-0.4, -0.2) is 60.4 Å². The summed E-state index contributed by atoms with van der Waals surface area (Å²) in [6.07, 6.45) is 6.50. The van der Waals surface area contributed by atoms with E-state index in [-0.39, 0.29) is 46.7 Å². The van der Waals surface area contributed by atoms with Gasteiger partial charge in [-0.3, -0.25) is 28.4 Å². The fourth-order valence-electron chi connectivity index (χ4n) is 5.66. The van der Waals surface area contributed by atoms with Crippen molar-refractivity contribution in [3.63, 3.8) is 0 Å². The molecule has 1 aromatic carbocycles. The van der Waals surface area contributed by atoms with Gasteiger partial charge in [-0.25, -0.2) is 23.5 Å². The zero-order valence-corrected chi connectivity index (χ0v) is 24.4. The van der Waals surface area contributed by atoms with E-state index in [4.69, 9.17) is 0 Å². The van der Waals surface area contributed by atoms with Crippen LogP contribution < -0.4 is 16.1 Å². The zero-order valence-electron chi connectivity index (χ0n) is 24.4. The summed E-state index contributed by atoms with van der Waals surface area (Å²) in [6, 6.07) is 6.16. The molecule has 1 aliphatic heterocycles. The van der Waals surface area contributed by atoms with Crippen LogP contribution in [0.1, 0.15) is 68.3 Å². The second kappa shape index (κ2) is 12.1. The van der Waals surface area contributed by atoms with Gasteiger partial charge in [0.1, 0.15) is 17.2 Å². The van der Waals surface area contributed by atoms with Gasteiger partial charge in [0.05, 0.1) is 0 Å². The number of aryl methyl sites for hydroxylation is 1. The number of nitrogens with one attached hydrogen (secondary N) is 1. The molecule has 0 spiro atoms. The van der Waals surface area contributed by atoms with Crippen molar-refractivity contribution >= 4 is 28.8 Å². The fraction of sp³-hybridized carbons (Fsp3) is 0.419. The van der Waals surface area contributed by atoms with Gasteiger partial charge >= 0.3 is 5.69 Å². The number of anilines is 1. The van der Waals surface area contributed by atoms with E-state index < -0.39 is 23.1 Å². The lowest BCUT2D eigenvalue weighted by atomic mass is 10.1. The summed E-state index contributed by atoms with van der Waals surface area (Å²) in [7, 11) is 0. The zero-order chi connectivity index (χ0) is 31.0. The third-order valence-electron chi connectivity index (χ3n) is 8.11. The molecule has 6 rings (SSSR count). The molecule has 1 aliphatic carbocycles. The number of carbonyl (C=O) groups excluding carboxylic acids is 2. The van der Waals surface area contributed by atoms with Gasteiger partial charge in [0.25, 0.3) is 11.5 Å². The molecule has 1 saturated carbocycles. The topological polar surface area (TPSA) is 126 Å². The number of likely N-dealkylation sites (tertiary alicyclic amines) is 1. The van der Waals surface area contributed by atoms with E-state index >= 15 is 0 Å². The Morgan fingerprint density at radius 1 is 1.07 bits per heavy atom. The number of aromatic amines is 1. The Morgan fingerprint density at radius 3 is 2.57 bits per heavy atom. The van der Waals surface area contributed by atoms with Crippen LogP contribution in [-0.2, 0) is 11.3 Å². The first-order chi connectivity index (χ1) is 21.3. The Hall–Kier alpha value is -4.68. The van der Waals surface area contributed by atoms with Gasteiger partial charge in [0.15, 0.2) is 17.3 Å². The SMILES string of the molecule is CCCn1c(=O)n(C2CC2)c(=O)c2[nH]c(-c3ccc(N(CCCN4CCCCC4=O)C(=O)c4ccc(F)c(F)c4)nc3)nc21. The molecule has 0 radical (unpaired) electrons. The van der Waals surface area contributed by atoms with Crippen molar-refractivity contribution < 1.29 is 18.4 Å². The van der Waals surface area contributed by atoms with Gasteiger partial charge in [-0.2, -0.15) is 0 Å². The number of aromatic nitrogens is 5. The first kappa shape index (κ1) is 29.4. The highest BCUT2D eigenvalue weighted by atomic mass is 19.2. The average molecular weight is 606 g/mol. The Kier molecular flexibility index (Phi) is 8.11. The van der Waals surface area contributed by atoms with Gasteiger partial charge in [-0.15, -0.1) is 0 Å². The number of piperidine rings is 1. The number of fused-ring (bicyclic) bond motifs is 1.